The molecule has 1 atom stereocenters. The van der Waals surface area contributed by atoms with Crippen LogP contribution in [0.1, 0.15) is 44.1 Å². The van der Waals surface area contributed by atoms with Crippen LogP contribution < -0.4 is 4.74 Å². The predicted molar refractivity (Wildman–Crippen MR) is 74.9 cm³/mol. The number of fused-ring (bicyclic) bond motifs is 3. The van der Waals surface area contributed by atoms with Gasteiger partial charge in [0.2, 0.25) is 0 Å². The molecule has 0 bridgehead atoms. The van der Waals surface area contributed by atoms with Gasteiger partial charge in [-0.15, -0.1) is 0 Å². The smallest absolute Gasteiger partial charge is 0.139 e. The lowest BCUT2D eigenvalue weighted by Gasteiger charge is -2.21. The van der Waals surface area contributed by atoms with Crippen molar-refractivity contribution in [1.29, 1.82) is 0 Å². The molecule has 0 fully saturated rings. The van der Waals surface area contributed by atoms with Crippen molar-refractivity contribution in [2.24, 2.45) is 0 Å². The van der Waals surface area contributed by atoms with Gasteiger partial charge in [0.05, 0.1) is 6.26 Å². The number of allylic oxidation sites excluding steroid dienone is 1. The van der Waals surface area contributed by atoms with Crippen LogP contribution in [-0.2, 0) is 0 Å². The summed E-state index contributed by atoms with van der Waals surface area (Å²) in [5, 5.41) is 1.19. The first kappa shape index (κ1) is 11.4. The molecule has 1 aliphatic rings. The van der Waals surface area contributed by atoms with Crippen LogP contribution in [0.2, 0.25) is 0 Å². The molecule has 0 spiro atoms. The number of nitrogens with one attached hydrogen (secondary N) is 1. The van der Waals surface area contributed by atoms with E-state index in [4.69, 9.17) is 4.74 Å². The first-order valence-electron chi connectivity index (χ1n) is 6.83. The zero-order chi connectivity index (χ0) is 12.4. The number of rotatable bonds is 4. The zero-order valence-electron chi connectivity index (χ0n) is 10.8. The number of aromatic nitrogens is 1. The van der Waals surface area contributed by atoms with E-state index in [-0.39, 0.29) is 0 Å². The number of hydrogen-bond donors (Lipinski definition) is 1. The second-order valence-electron chi connectivity index (χ2n) is 4.97. The van der Waals surface area contributed by atoms with Crippen molar-refractivity contribution in [1.82, 2.24) is 4.98 Å². The van der Waals surface area contributed by atoms with Crippen LogP contribution in [0.3, 0.4) is 0 Å². The zero-order valence-corrected chi connectivity index (χ0v) is 10.8. The topological polar surface area (TPSA) is 25.0 Å². The first-order chi connectivity index (χ1) is 8.90. The summed E-state index contributed by atoms with van der Waals surface area (Å²) in [6.45, 7) is 2.25. The van der Waals surface area contributed by atoms with E-state index in [9.17, 15) is 0 Å². The Morgan fingerprint density at radius 1 is 1.22 bits per heavy atom. The standard InChI is InChI=1S/C16H19NO/c1-2-3-4-5-12-9-11-18-16-13(12)6-7-15-14(16)8-10-17-15/h6-12,17H,2-5H2,1H3. The van der Waals surface area contributed by atoms with Crippen molar-refractivity contribution in [3.05, 3.63) is 42.3 Å². The highest BCUT2D eigenvalue weighted by molar-refractivity contribution is 5.87. The minimum absolute atomic E-state index is 0.514. The fraction of sp³-hybridized carbons (Fsp3) is 0.375. The molecule has 1 aromatic heterocycles. The van der Waals surface area contributed by atoms with Crippen LogP contribution in [-0.4, -0.2) is 4.98 Å². The lowest BCUT2D eigenvalue weighted by Crippen LogP contribution is -2.04. The van der Waals surface area contributed by atoms with Crippen molar-refractivity contribution in [2.45, 2.75) is 38.5 Å². The first-order valence-corrected chi connectivity index (χ1v) is 6.83. The van der Waals surface area contributed by atoms with Gasteiger partial charge in [-0.05, 0) is 24.6 Å². The Labute approximate surface area is 108 Å². The summed E-state index contributed by atoms with van der Waals surface area (Å²) >= 11 is 0. The van der Waals surface area contributed by atoms with E-state index in [2.05, 4.69) is 36.2 Å². The van der Waals surface area contributed by atoms with Crippen molar-refractivity contribution in [3.8, 4) is 5.75 Å². The number of unbranched alkanes of at least 4 members (excludes halogenated alkanes) is 2. The molecule has 18 heavy (non-hydrogen) atoms. The van der Waals surface area contributed by atoms with E-state index in [0.717, 1.165) is 11.3 Å². The molecule has 1 aliphatic heterocycles. The van der Waals surface area contributed by atoms with Gasteiger partial charge in [-0.2, -0.15) is 0 Å². The molecule has 0 aliphatic carbocycles. The molecule has 0 saturated heterocycles. The third-order valence-electron chi connectivity index (χ3n) is 3.73. The lowest BCUT2D eigenvalue weighted by atomic mass is 9.90. The summed E-state index contributed by atoms with van der Waals surface area (Å²) in [7, 11) is 0. The van der Waals surface area contributed by atoms with Crippen LogP contribution in [0.4, 0.5) is 0 Å². The van der Waals surface area contributed by atoms with Gasteiger partial charge in [0.25, 0.3) is 0 Å². The molecule has 2 heterocycles. The van der Waals surface area contributed by atoms with Crippen LogP contribution in [0.25, 0.3) is 10.9 Å². The molecule has 2 nitrogen and oxygen atoms in total. The van der Waals surface area contributed by atoms with Crippen LogP contribution in [0.15, 0.2) is 36.7 Å². The highest BCUT2D eigenvalue weighted by Crippen LogP contribution is 2.39. The number of H-pyrrole nitrogens is 1. The average Bonchev–Trinajstić information content (AvgIpc) is 2.88. The highest BCUT2D eigenvalue weighted by atomic mass is 16.5. The molecular formula is C16H19NO. The van der Waals surface area contributed by atoms with Crippen LogP contribution in [0.5, 0.6) is 5.75 Å². The summed E-state index contributed by atoms with van der Waals surface area (Å²) in [4.78, 5) is 3.23. The van der Waals surface area contributed by atoms with Gasteiger partial charge in [-0.25, -0.2) is 0 Å². The highest BCUT2D eigenvalue weighted by Gasteiger charge is 2.19. The van der Waals surface area contributed by atoms with E-state index >= 15 is 0 Å². The minimum atomic E-state index is 0.514. The molecule has 1 N–H and O–H groups in total. The number of aromatic amines is 1. The Morgan fingerprint density at radius 2 is 2.17 bits per heavy atom. The summed E-state index contributed by atoms with van der Waals surface area (Å²) in [5.74, 6) is 1.55. The lowest BCUT2D eigenvalue weighted by molar-refractivity contribution is 0.451. The average molecular weight is 241 g/mol. The number of hydrogen-bond acceptors (Lipinski definition) is 1. The second-order valence-corrected chi connectivity index (χ2v) is 4.97. The van der Waals surface area contributed by atoms with Crippen molar-refractivity contribution in [2.75, 3.05) is 0 Å². The Hall–Kier alpha value is -1.70. The summed E-state index contributed by atoms with van der Waals surface area (Å²) < 4.78 is 5.73. The summed E-state index contributed by atoms with van der Waals surface area (Å²) in [6, 6.07) is 6.45. The van der Waals surface area contributed by atoms with Gasteiger partial charge in [0, 0.05) is 28.6 Å². The van der Waals surface area contributed by atoms with Crippen LogP contribution >= 0.6 is 0 Å². The molecule has 0 amide bonds. The maximum Gasteiger partial charge on any atom is 0.139 e. The molecule has 94 valence electrons. The van der Waals surface area contributed by atoms with E-state index in [1.54, 1.807) is 0 Å². The minimum Gasteiger partial charge on any atom is -0.464 e. The number of ether oxygens (including phenoxy) is 1. The van der Waals surface area contributed by atoms with E-state index in [1.807, 2.05) is 12.5 Å². The van der Waals surface area contributed by atoms with Gasteiger partial charge in [-0.1, -0.05) is 32.3 Å². The maximum atomic E-state index is 5.73. The Morgan fingerprint density at radius 3 is 3.06 bits per heavy atom. The van der Waals surface area contributed by atoms with E-state index < -0.39 is 0 Å². The van der Waals surface area contributed by atoms with Crippen LogP contribution in [0, 0.1) is 0 Å². The van der Waals surface area contributed by atoms with Gasteiger partial charge in [0.1, 0.15) is 5.75 Å². The quantitative estimate of drug-likeness (QED) is 0.768. The third-order valence-corrected chi connectivity index (χ3v) is 3.73. The van der Waals surface area contributed by atoms with Gasteiger partial charge in [-0.3, -0.25) is 0 Å². The van der Waals surface area contributed by atoms with Crippen molar-refractivity contribution in [3.63, 3.8) is 0 Å². The van der Waals surface area contributed by atoms with Gasteiger partial charge in [0.15, 0.2) is 0 Å². The fourth-order valence-electron chi connectivity index (χ4n) is 2.72. The molecule has 2 heteroatoms. The Balaban J connectivity index is 1.92. The Bertz CT molecular complexity index is 567. The molecule has 2 aromatic rings. The molecule has 3 rings (SSSR count). The summed E-state index contributed by atoms with van der Waals surface area (Å²) in [5.41, 5.74) is 2.48. The van der Waals surface area contributed by atoms with E-state index in [1.165, 1.54) is 36.6 Å². The SMILES string of the molecule is CCCCCC1C=COc2c1ccc1[nH]ccc21. The molecule has 0 radical (unpaired) electrons. The molecule has 1 unspecified atom stereocenters. The monoisotopic (exact) mass is 241 g/mol. The largest absolute Gasteiger partial charge is 0.464 e. The van der Waals surface area contributed by atoms with Crippen molar-refractivity contribution < 1.29 is 4.74 Å². The maximum absolute atomic E-state index is 5.73. The van der Waals surface area contributed by atoms with Gasteiger partial charge >= 0.3 is 0 Å². The second kappa shape index (κ2) is 4.89. The van der Waals surface area contributed by atoms with Crippen molar-refractivity contribution >= 4 is 10.9 Å². The Kier molecular flexibility index (Phi) is 3.09. The molecule has 1 aromatic carbocycles. The van der Waals surface area contributed by atoms with Gasteiger partial charge < -0.3 is 9.72 Å². The summed E-state index contributed by atoms with van der Waals surface area (Å²) in [6.07, 6.45) is 11.1. The third kappa shape index (κ3) is 1.92. The molecular weight excluding hydrogens is 222 g/mol. The fourth-order valence-corrected chi connectivity index (χ4v) is 2.72. The normalized spacial score (nSPS) is 17.7. The van der Waals surface area contributed by atoms with E-state index in [0.29, 0.717) is 5.92 Å². The molecule has 0 saturated carbocycles. The predicted octanol–water partition coefficient (Wildman–Crippen LogP) is 4.74. The number of benzene rings is 1.